The van der Waals surface area contributed by atoms with Gasteiger partial charge in [-0.3, -0.25) is 4.79 Å². The zero-order chi connectivity index (χ0) is 15.8. The van der Waals surface area contributed by atoms with Gasteiger partial charge in [-0.05, 0) is 32.8 Å². The summed E-state index contributed by atoms with van der Waals surface area (Å²) in [5.74, 6) is -0.217. The van der Waals surface area contributed by atoms with Crippen molar-refractivity contribution in [2.24, 2.45) is 0 Å². The zero-order valence-electron chi connectivity index (χ0n) is 11.9. The predicted molar refractivity (Wildman–Crippen MR) is 70.3 cm³/mol. The molecule has 1 aliphatic heterocycles. The Hall–Kier alpha value is -1.92. The van der Waals surface area contributed by atoms with Gasteiger partial charge in [-0.1, -0.05) is 6.58 Å². The minimum absolute atomic E-state index is 0.0504. The molecule has 0 N–H and O–H groups in total. The molecule has 0 bridgehead atoms. The first-order valence-corrected chi connectivity index (χ1v) is 6.59. The second-order valence-corrected chi connectivity index (χ2v) is 5.19. The molecule has 114 valence electrons. The topological polar surface area (TPSA) is 46.1 Å². The number of rotatable bonds is 2. The fraction of sp³-hybridized carbons (Fsp3) is 0.500. The standard InChI is InChI=1S/C14H16F3N3O/c1-8(2)13(21)20-6-4-5-10(20)12-18-9(3)7-11(19-12)14(15,16)17/h7,10H,1,4-6H2,2-3H3. The van der Waals surface area contributed by atoms with Crippen molar-refractivity contribution in [3.05, 3.63) is 35.4 Å². The molecule has 0 radical (unpaired) electrons. The van der Waals surface area contributed by atoms with Crippen LogP contribution in [0.5, 0.6) is 0 Å². The molecular weight excluding hydrogens is 283 g/mol. The van der Waals surface area contributed by atoms with Crippen molar-refractivity contribution < 1.29 is 18.0 Å². The molecule has 1 atom stereocenters. The molecule has 1 aromatic rings. The maximum atomic E-state index is 12.8. The third kappa shape index (κ3) is 3.22. The van der Waals surface area contributed by atoms with Gasteiger partial charge in [0.2, 0.25) is 5.91 Å². The molecule has 21 heavy (non-hydrogen) atoms. The lowest BCUT2D eigenvalue weighted by molar-refractivity contribution is -0.141. The van der Waals surface area contributed by atoms with E-state index in [-0.39, 0.29) is 17.4 Å². The molecule has 1 unspecified atom stereocenters. The van der Waals surface area contributed by atoms with E-state index < -0.39 is 17.9 Å². The van der Waals surface area contributed by atoms with E-state index >= 15 is 0 Å². The summed E-state index contributed by atoms with van der Waals surface area (Å²) in [6.07, 6.45) is -3.26. The maximum Gasteiger partial charge on any atom is 0.433 e. The Morgan fingerprint density at radius 3 is 2.67 bits per heavy atom. The average Bonchev–Trinajstić information content (AvgIpc) is 2.84. The molecule has 0 spiro atoms. The molecule has 0 aromatic carbocycles. The van der Waals surface area contributed by atoms with Gasteiger partial charge in [0.1, 0.15) is 5.69 Å². The van der Waals surface area contributed by atoms with Gasteiger partial charge in [-0.15, -0.1) is 0 Å². The second kappa shape index (κ2) is 5.46. The summed E-state index contributed by atoms with van der Waals surface area (Å²) in [5.41, 5.74) is -0.382. The van der Waals surface area contributed by atoms with Gasteiger partial charge < -0.3 is 4.90 Å². The lowest BCUT2D eigenvalue weighted by Gasteiger charge is -2.24. The summed E-state index contributed by atoms with van der Waals surface area (Å²) >= 11 is 0. The quantitative estimate of drug-likeness (QED) is 0.789. The highest BCUT2D eigenvalue weighted by atomic mass is 19.4. The monoisotopic (exact) mass is 299 g/mol. The molecule has 1 aliphatic rings. The van der Waals surface area contributed by atoms with Crippen LogP contribution in [0, 0.1) is 6.92 Å². The van der Waals surface area contributed by atoms with Gasteiger partial charge >= 0.3 is 6.18 Å². The van der Waals surface area contributed by atoms with Gasteiger partial charge in [0.05, 0.1) is 6.04 Å². The van der Waals surface area contributed by atoms with Crippen molar-refractivity contribution >= 4 is 5.91 Å². The van der Waals surface area contributed by atoms with Gasteiger partial charge in [0.15, 0.2) is 5.82 Å². The Morgan fingerprint density at radius 2 is 2.10 bits per heavy atom. The van der Waals surface area contributed by atoms with Crippen molar-refractivity contribution in [3.8, 4) is 0 Å². The number of amides is 1. The Bertz CT molecular complexity index is 583. The molecule has 0 aliphatic carbocycles. The van der Waals surface area contributed by atoms with Crippen LogP contribution >= 0.6 is 0 Å². The van der Waals surface area contributed by atoms with Crippen molar-refractivity contribution in [1.82, 2.24) is 14.9 Å². The van der Waals surface area contributed by atoms with Crippen LogP contribution in [0.15, 0.2) is 18.2 Å². The SMILES string of the molecule is C=C(C)C(=O)N1CCCC1c1nc(C)cc(C(F)(F)F)n1. The number of likely N-dealkylation sites (tertiary alicyclic amines) is 1. The Morgan fingerprint density at radius 1 is 1.43 bits per heavy atom. The summed E-state index contributed by atoms with van der Waals surface area (Å²) < 4.78 is 38.5. The number of aryl methyl sites for hydroxylation is 1. The summed E-state index contributed by atoms with van der Waals surface area (Å²) in [6.45, 7) is 7.14. The van der Waals surface area contributed by atoms with E-state index in [9.17, 15) is 18.0 Å². The molecule has 0 saturated carbocycles. The number of hydrogen-bond acceptors (Lipinski definition) is 3. The summed E-state index contributed by atoms with van der Waals surface area (Å²) in [5, 5.41) is 0. The second-order valence-electron chi connectivity index (χ2n) is 5.19. The third-order valence-corrected chi connectivity index (χ3v) is 3.34. The van der Waals surface area contributed by atoms with Crippen molar-refractivity contribution in [1.29, 1.82) is 0 Å². The van der Waals surface area contributed by atoms with Crippen LogP contribution in [0.3, 0.4) is 0 Å². The Kier molecular flexibility index (Phi) is 4.02. The predicted octanol–water partition coefficient (Wildman–Crippen LogP) is 3.04. The lowest BCUT2D eigenvalue weighted by Crippen LogP contribution is -2.32. The molecule has 1 fully saturated rings. The van der Waals surface area contributed by atoms with Crippen molar-refractivity contribution in [3.63, 3.8) is 0 Å². The fourth-order valence-electron chi connectivity index (χ4n) is 2.41. The van der Waals surface area contributed by atoms with E-state index in [1.165, 1.54) is 11.8 Å². The van der Waals surface area contributed by atoms with E-state index in [1.807, 2.05) is 0 Å². The number of aromatic nitrogens is 2. The third-order valence-electron chi connectivity index (χ3n) is 3.34. The molecule has 4 nitrogen and oxygen atoms in total. The first-order valence-electron chi connectivity index (χ1n) is 6.59. The van der Waals surface area contributed by atoms with Gasteiger partial charge in [0, 0.05) is 17.8 Å². The van der Waals surface area contributed by atoms with Crippen LogP contribution in [-0.2, 0) is 11.0 Å². The molecular formula is C14H16F3N3O. The van der Waals surface area contributed by atoms with Gasteiger partial charge in [-0.2, -0.15) is 13.2 Å². The zero-order valence-corrected chi connectivity index (χ0v) is 11.9. The molecule has 2 heterocycles. The highest BCUT2D eigenvalue weighted by molar-refractivity contribution is 5.92. The van der Waals surface area contributed by atoms with Crippen LogP contribution in [0.2, 0.25) is 0 Å². The highest BCUT2D eigenvalue weighted by Gasteiger charge is 2.37. The van der Waals surface area contributed by atoms with Crippen LogP contribution in [0.25, 0.3) is 0 Å². The lowest BCUT2D eigenvalue weighted by atomic mass is 10.1. The van der Waals surface area contributed by atoms with E-state index in [2.05, 4.69) is 16.5 Å². The van der Waals surface area contributed by atoms with E-state index in [0.29, 0.717) is 25.0 Å². The number of halogens is 3. The summed E-state index contributed by atoms with van der Waals surface area (Å²) in [7, 11) is 0. The minimum atomic E-state index is -4.52. The number of nitrogens with zero attached hydrogens (tertiary/aromatic N) is 3. The van der Waals surface area contributed by atoms with Gasteiger partial charge in [-0.25, -0.2) is 9.97 Å². The first-order chi connectivity index (χ1) is 9.70. The van der Waals surface area contributed by atoms with Gasteiger partial charge in [0.25, 0.3) is 0 Å². The van der Waals surface area contributed by atoms with Crippen molar-refractivity contribution in [2.45, 2.75) is 38.9 Å². The number of carbonyl (C=O) groups excluding carboxylic acids is 1. The van der Waals surface area contributed by atoms with E-state index in [4.69, 9.17) is 0 Å². The molecule has 1 saturated heterocycles. The number of hydrogen-bond donors (Lipinski definition) is 0. The Labute approximate surface area is 120 Å². The summed E-state index contributed by atoms with van der Waals surface area (Å²) in [6, 6.07) is 0.388. The normalized spacial score (nSPS) is 18.9. The summed E-state index contributed by atoms with van der Waals surface area (Å²) in [4.78, 5) is 21.2. The number of carbonyl (C=O) groups is 1. The van der Waals surface area contributed by atoms with Crippen molar-refractivity contribution in [2.75, 3.05) is 6.54 Å². The largest absolute Gasteiger partial charge is 0.433 e. The first kappa shape index (κ1) is 15.5. The highest BCUT2D eigenvalue weighted by Crippen LogP contribution is 2.33. The molecule has 1 aromatic heterocycles. The molecule has 7 heteroatoms. The van der Waals surface area contributed by atoms with Crippen LogP contribution < -0.4 is 0 Å². The smallest absolute Gasteiger partial charge is 0.329 e. The van der Waals surface area contributed by atoms with Crippen LogP contribution in [-0.4, -0.2) is 27.3 Å². The van der Waals surface area contributed by atoms with Crippen LogP contribution in [0.1, 0.15) is 43.0 Å². The number of alkyl halides is 3. The maximum absolute atomic E-state index is 12.8. The fourth-order valence-corrected chi connectivity index (χ4v) is 2.41. The average molecular weight is 299 g/mol. The van der Waals surface area contributed by atoms with Crippen LogP contribution in [0.4, 0.5) is 13.2 Å². The van der Waals surface area contributed by atoms with E-state index in [1.54, 1.807) is 6.92 Å². The Balaban J connectivity index is 2.39. The van der Waals surface area contributed by atoms with E-state index in [0.717, 1.165) is 6.07 Å². The minimum Gasteiger partial charge on any atom is -0.329 e. The molecule has 1 amide bonds. The molecule has 2 rings (SSSR count).